The minimum Gasteiger partial charge on any atom is -0.483 e. The summed E-state index contributed by atoms with van der Waals surface area (Å²) >= 11 is 0. The van der Waals surface area contributed by atoms with Gasteiger partial charge in [0.25, 0.3) is 0 Å². The Hall–Kier alpha value is -2.93. The Morgan fingerprint density at radius 1 is 1.09 bits per heavy atom. The number of ether oxygens (including phenoxy) is 4. The molecule has 12 heteroatoms. The molecule has 2 aromatic carbocycles. The minimum atomic E-state index is -2.49. The molecule has 0 saturated carbocycles. The van der Waals surface area contributed by atoms with Crippen LogP contribution in [-0.2, 0) is 23.9 Å². The van der Waals surface area contributed by atoms with Gasteiger partial charge in [0, 0.05) is 41.5 Å². The lowest BCUT2D eigenvalue weighted by Gasteiger charge is -2.20. The first-order chi connectivity index (χ1) is 16.7. The molecule has 2 fully saturated rings. The monoisotopic (exact) mass is 506 g/mol. The van der Waals surface area contributed by atoms with Crippen LogP contribution < -0.4 is 10.1 Å². The molecule has 5 rings (SSSR count). The Balaban J connectivity index is 1.46. The Morgan fingerprint density at radius 3 is 2.57 bits per heavy atom. The fourth-order valence-corrected chi connectivity index (χ4v) is 4.86. The molecule has 0 aliphatic carbocycles. The molecule has 186 valence electrons. The highest BCUT2D eigenvalue weighted by atomic mass is 32.2. The van der Waals surface area contributed by atoms with Gasteiger partial charge in [-0.2, -0.15) is 4.36 Å². The normalized spacial score (nSPS) is 23.9. The second-order valence-corrected chi connectivity index (χ2v) is 11.2. The summed E-state index contributed by atoms with van der Waals surface area (Å²) in [5.41, 5.74) is 0.850. The van der Waals surface area contributed by atoms with Gasteiger partial charge in [-0.3, -0.25) is 0 Å². The van der Waals surface area contributed by atoms with E-state index in [9.17, 15) is 8.60 Å². The minimum absolute atomic E-state index is 0.103. The summed E-state index contributed by atoms with van der Waals surface area (Å²) < 4.78 is 68.3. The van der Waals surface area contributed by atoms with Gasteiger partial charge in [-0.1, -0.05) is 0 Å². The standard InChI is InChI=1S/C23H24F2N4O5S/c1-31-18-9-32-22-19(10-33-21(18)22)34-17-6-12(24)4-5-15(17)28-23-20-14(25)7-13(29-35(2,3)30)8-16(20)26-11-27-23/h4-8,11,18-19,21-22H,9-10H2,1-3H3,(H,26,27,28)/t18-,19-,21-,22-/m1/s1. The van der Waals surface area contributed by atoms with Crippen LogP contribution in [0.3, 0.4) is 0 Å². The number of nitrogens with one attached hydrogen (secondary N) is 1. The van der Waals surface area contributed by atoms with Crippen molar-refractivity contribution in [3.05, 3.63) is 48.3 Å². The fourth-order valence-electron chi connectivity index (χ4n) is 4.25. The van der Waals surface area contributed by atoms with Crippen LogP contribution in [0.5, 0.6) is 5.75 Å². The Labute approximate surface area is 200 Å². The number of methoxy groups -OCH3 is 1. The Kier molecular flexibility index (Phi) is 6.30. The van der Waals surface area contributed by atoms with Crippen molar-refractivity contribution in [1.29, 1.82) is 0 Å². The van der Waals surface area contributed by atoms with E-state index in [1.54, 1.807) is 7.11 Å². The third kappa shape index (κ3) is 4.92. The zero-order chi connectivity index (χ0) is 24.7. The van der Waals surface area contributed by atoms with Gasteiger partial charge in [0.05, 0.1) is 35.5 Å². The van der Waals surface area contributed by atoms with E-state index in [-0.39, 0.29) is 53.1 Å². The molecule has 0 amide bonds. The average molecular weight is 507 g/mol. The van der Waals surface area contributed by atoms with Gasteiger partial charge in [0.15, 0.2) is 6.10 Å². The molecule has 35 heavy (non-hydrogen) atoms. The van der Waals surface area contributed by atoms with Crippen molar-refractivity contribution < 1.29 is 31.9 Å². The van der Waals surface area contributed by atoms with E-state index >= 15 is 4.39 Å². The largest absolute Gasteiger partial charge is 0.483 e. The zero-order valence-electron chi connectivity index (χ0n) is 19.2. The number of halogens is 2. The van der Waals surface area contributed by atoms with E-state index < -0.39 is 27.5 Å². The highest BCUT2D eigenvalue weighted by Crippen LogP contribution is 2.36. The van der Waals surface area contributed by atoms with E-state index in [2.05, 4.69) is 19.6 Å². The van der Waals surface area contributed by atoms with Crippen LogP contribution >= 0.6 is 0 Å². The zero-order valence-corrected chi connectivity index (χ0v) is 20.1. The van der Waals surface area contributed by atoms with Gasteiger partial charge in [-0.05, 0) is 18.2 Å². The summed E-state index contributed by atoms with van der Waals surface area (Å²) in [6.07, 6.45) is 2.88. The first-order valence-electron chi connectivity index (χ1n) is 10.8. The number of hydrogen-bond acceptors (Lipinski definition) is 9. The van der Waals surface area contributed by atoms with Crippen LogP contribution in [0.4, 0.5) is 26.0 Å². The lowest BCUT2D eigenvalue weighted by atomic mass is 10.1. The summed E-state index contributed by atoms with van der Waals surface area (Å²) in [5, 5.41) is 3.13. The predicted octanol–water partition coefficient (Wildman–Crippen LogP) is 3.57. The van der Waals surface area contributed by atoms with Crippen LogP contribution in [0.15, 0.2) is 41.0 Å². The molecule has 9 nitrogen and oxygen atoms in total. The van der Waals surface area contributed by atoms with E-state index in [1.807, 2.05) is 0 Å². The van der Waals surface area contributed by atoms with Crippen molar-refractivity contribution in [3.63, 3.8) is 0 Å². The molecule has 0 radical (unpaired) electrons. The van der Waals surface area contributed by atoms with E-state index in [4.69, 9.17) is 18.9 Å². The van der Waals surface area contributed by atoms with Crippen LogP contribution in [0.25, 0.3) is 10.9 Å². The number of aromatic nitrogens is 2. The van der Waals surface area contributed by atoms with Gasteiger partial charge >= 0.3 is 0 Å². The smallest absolute Gasteiger partial charge is 0.151 e. The SMILES string of the molecule is CO[C@@H]1CO[C@H]2[C@@H]1OC[C@H]2Oc1cc(F)ccc1Nc1ncnc2cc(N=S(C)(C)=O)cc(F)c12. The maximum Gasteiger partial charge on any atom is 0.151 e. The molecule has 2 saturated heterocycles. The lowest BCUT2D eigenvalue weighted by molar-refractivity contribution is -0.0138. The first kappa shape index (κ1) is 23.8. The molecule has 3 heterocycles. The van der Waals surface area contributed by atoms with Crippen molar-refractivity contribution in [2.24, 2.45) is 4.36 Å². The van der Waals surface area contributed by atoms with Crippen LogP contribution in [0.1, 0.15) is 0 Å². The number of rotatable bonds is 6. The molecule has 3 aromatic rings. The number of anilines is 2. The number of benzene rings is 2. The third-order valence-corrected chi connectivity index (χ3v) is 6.39. The van der Waals surface area contributed by atoms with Crippen molar-refractivity contribution in [1.82, 2.24) is 9.97 Å². The maximum absolute atomic E-state index is 15.1. The second-order valence-electron chi connectivity index (χ2n) is 8.61. The molecule has 2 aliphatic rings. The number of hydrogen-bond donors (Lipinski definition) is 1. The summed E-state index contributed by atoms with van der Waals surface area (Å²) in [5.74, 6) is -0.800. The van der Waals surface area contributed by atoms with Crippen molar-refractivity contribution in [3.8, 4) is 5.75 Å². The predicted molar refractivity (Wildman–Crippen MR) is 126 cm³/mol. The van der Waals surface area contributed by atoms with Crippen molar-refractivity contribution in [2.45, 2.75) is 24.4 Å². The molecule has 0 unspecified atom stereocenters. The van der Waals surface area contributed by atoms with Crippen LogP contribution in [0.2, 0.25) is 0 Å². The maximum atomic E-state index is 15.1. The third-order valence-electron chi connectivity index (χ3n) is 5.74. The van der Waals surface area contributed by atoms with E-state index in [0.29, 0.717) is 12.3 Å². The van der Waals surface area contributed by atoms with Gasteiger partial charge in [0.1, 0.15) is 47.8 Å². The Morgan fingerprint density at radius 2 is 1.83 bits per heavy atom. The van der Waals surface area contributed by atoms with Crippen LogP contribution in [-0.4, -0.2) is 71.4 Å². The average Bonchev–Trinajstić information content (AvgIpc) is 3.37. The topological polar surface area (TPSA) is 104 Å². The lowest BCUT2D eigenvalue weighted by Crippen LogP contribution is -2.35. The molecule has 0 bridgehead atoms. The summed E-state index contributed by atoms with van der Waals surface area (Å²) in [6.45, 7) is 0.631. The quantitative estimate of drug-likeness (QED) is 0.541. The summed E-state index contributed by atoms with van der Waals surface area (Å²) in [4.78, 5) is 8.30. The Bertz CT molecular complexity index is 1390. The second kappa shape index (κ2) is 9.26. The van der Waals surface area contributed by atoms with Gasteiger partial charge in [-0.25, -0.2) is 23.0 Å². The van der Waals surface area contributed by atoms with Gasteiger partial charge in [0.2, 0.25) is 0 Å². The summed E-state index contributed by atoms with van der Waals surface area (Å²) in [7, 11) is -0.894. The molecule has 4 atom stereocenters. The van der Waals surface area contributed by atoms with Gasteiger partial charge < -0.3 is 24.3 Å². The van der Waals surface area contributed by atoms with Gasteiger partial charge in [-0.15, -0.1) is 0 Å². The number of fused-ring (bicyclic) bond motifs is 2. The van der Waals surface area contributed by atoms with Crippen molar-refractivity contribution in [2.75, 3.05) is 38.2 Å². The molecule has 1 N–H and O–H groups in total. The summed E-state index contributed by atoms with van der Waals surface area (Å²) in [6, 6.07) is 6.66. The molecule has 0 spiro atoms. The molecular weight excluding hydrogens is 482 g/mol. The fraction of sp³-hybridized carbons (Fsp3) is 0.391. The highest BCUT2D eigenvalue weighted by Gasteiger charge is 2.49. The van der Waals surface area contributed by atoms with Crippen molar-refractivity contribution >= 4 is 37.8 Å². The molecular formula is C23H24F2N4O5S. The highest BCUT2D eigenvalue weighted by molar-refractivity contribution is 7.92. The molecule has 2 aliphatic heterocycles. The number of nitrogens with zero attached hydrogens (tertiary/aromatic N) is 3. The van der Waals surface area contributed by atoms with E-state index in [1.165, 1.54) is 49.2 Å². The first-order valence-corrected chi connectivity index (χ1v) is 13.2. The van der Waals surface area contributed by atoms with Crippen LogP contribution in [0, 0.1) is 11.6 Å². The molecule has 1 aromatic heterocycles. The van der Waals surface area contributed by atoms with E-state index in [0.717, 1.165) is 0 Å².